The van der Waals surface area contributed by atoms with Crippen molar-refractivity contribution in [1.82, 2.24) is 24.8 Å². The van der Waals surface area contributed by atoms with Gasteiger partial charge in [0.25, 0.3) is 0 Å². The molecule has 1 atom stereocenters. The summed E-state index contributed by atoms with van der Waals surface area (Å²) in [7, 11) is 1.87. The number of likely N-dealkylation sites (tertiary alicyclic amines) is 1. The molecule has 7 nitrogen and oxygen atoms in total. The summed E-state index contributed by atoms with van der Waals surface area (Å²) >= 11 is 1.68. The van der Waals surface area contributed by atoms with E-state index in [1.807, 2.05) is 16.8 Å². The Labute approximate surface area is 143 Å². The minimum Gasteiger partial charge on any atom is -0.348 e. The van der Waals surface area contributed by atoms with Gasteiger partial charge < -0.3 is 14.8 Å². The molecule has 8 heteroatoms. The van der Waals surface area contributed by atoms with Crippen molar-refractivity contribution in [2.75, 3.05) is 25.0 Å². The van der Waals surface area contributed by atoms with Gasteiger partial charge in [-0.2, -0.15) is 11.3 Å². The van der Waals surface area contributed by atoms with Crippen molar-refractivity contribution in [3.8, 4) is 0 Å². The maximum Gasteiger partial charge on any atom is 0.242 e. The number of imidazole rings is 1. The second-order valence-electron chi connectivity index (χ2n) is 5.96. The van der Waals surface area contributed by atoms with Crippen LogP contribution in [0.3, 0.4) is 0 Å². The first-order chi connectivity index (χ1) is 11.7. The SMILES string of the molecule is CN(CC(=O)N1CCCC1c1ccsc1)c1ncnc2nc[nH]c12. The molecule has 3 aromatic rings. The van der Waals surface area contributed by atoms with Gasteiger partial charge in [0.05, 0.1) is 18.9 Å². The second-order valence-corrected chi connectivity index (χ2v) is 6.74. The Morgan fingerprint density at radius 1 is 1.46 bits per heavy atom. The number of nitrogens with one attached hydrogen (secondary N) is 1. The largest absolute Gasteiger partial charge is 0.348 e. The second kappa shape index (κ2) is 6.20. The van der Waals surface area contributed by atoms with Gasteiger partial charge in [0.15, 0.2) is 11.5 Å². The van der Waals surface area contributed by atoms with E-state index in [2.05, 4.69) is 36.8 Å². The molecule has 1 aliphatic rings. The van der Waals surface area contributed by atoms with Crippen molar-refractivity contribution in [3.05, 3.63) is 35.0 Å². The van der Waals surface area contributed by atoms with Crippen LogP contribution in [0.4, 0.5) is 5.82 Å². The molecule has 0 saturated carbocycles. The Balaban J connectivity index is 1.52. The van der Waals surface area contributed by atoms with E-state index in [0.717, 1.165) is 24.9 Å². The molecule has 1 saturated heterocycles. The molecule has 1 N–H and O–H groups in total. The summed E-state index contributed by atoms with van der Waals surface area (Å²) in [5.74, 6) is 0.814. The minimum absolute atomic E-state index is 0.123. The van der Waals surface area contributed by atoms with Crippen LogP contribution in [0, 0.1) is 0 Å². The number of hydrogen-bond acceptors (Lipinski definition) is 6. The molecular weight excluding hydrogens is 324 g/mol. The first kappa shape index (κ1) is 15.1. The highest BCUT2D eigenvalue weighted by molar-refractivity contribution is 7.08. The lowest BCUT2D eigenvalue weighted by Crippen LogP contribution is -2.39. The van der Waals surface area contributed by atoms with Gasteiger partial charge in [-0.1, -0.05) is 0 Å². The highest BCUT2D eigenvalue weighted by Gasteiger charge is 2.30. The Morgan fingerprint density at radius 3 is 3.21 bits per heavy atom. The van der Waals surface area contributed by atoms with Gasteiger partial charge in [-0.05, 0) is 35.2 Å². The number of carbonyl (C=O) groups is 1. The number of amides is 1. The van der Waals surface area contributed by atoms with Crippen LogP contribution in [-0.4, -0.2) is 50.9 Å². The van der Waals surface area contributed by atoms with Crippen LogP contribution in [0.5, 0.6) is 0 Å². The molecule has 0 aromatic carbocycles. The van der Waals surface area contributed by atoms with E-state index < -0.39 is 0 Å². The monoisotopic (exact) mass is 342 g/mol. The number of aromatic amines is 1. The van der Waals surface area contributed by atoms with Crippen molar-refractivity contribution in [3.63, 3.8) is 0 Å². The van der Waals surface area contributed by atoms with E-state index in [4.69, 9.17) is 0 Å². The van der Waals surface area contributed by atoms with Crippen LogP contribution < -0.4 is 4.90 Å². The van der Waals surface area contributed by atoms with Crippen LogP contribution in [0.1, 0.15) is 24.4 Å². The number of hydrogen-bond donors (Lipinski definition) is 1. The van der Waals surface area contributed by atoms with E-state index in [1.54, 1.807) is 17.7 Å². The van der Waals surface area contributed by atoms with E-state index in [-0.39, 0.29) is 18.5 Å². The fraction of sp³-hybridized carbons (Fsp3) is 0.375. The molecule has 0 radical (unpaired) electrons. The van der Waals surface area contributed by atoms with Crippen LogP contribution >= 0.6 is 11.3 Å². The van der Waals surface area contributed by atoms with E-state index in [0.29, 0.717) is 11.5 Å². The van der Waals surface area contributed by atoms with Crippen molar-refractivity contribution >= 4 is 34.2 Å². The van der Waals surface area contributed by atoms with Gasteiger partial charge in [0.2, 0.25) is 5.91 Å². The summed E-state index contributed by atoms with van der Waals surface area (Å²) in [6.07, 6.45) is 5.15. The Morgan fingerprint density at radius 2 is 2.38 bits per heavy atom. The zero-order valence-electron chi connectivity index (χ0n) is 13.3. The number of H-pyrrole nitrogens is 1. The third kappa shape index (κ3) is 2.62. The molecule has 24 heavy (non-hydrogen) atoms. The first-order valence-electron chi connectivity index (χ1n) is 7.91. The molecule has 1 fully saturated rings. The molecule has 4 heterocycles. The van der Waals surface area contributed by atoms with E-state index >= 15 is 0 Å². The number of nitrogens with zero attached hydrogens (tertiary/aromatic N) is 5. The maximum atomic E-state index is 12.8. The minimum atomic E-state index is 0.123. The summed E-state index contributed by atoms with van der Waals surface area (Å²) in [6, 6.07) is 2.32. The summed E-state index contributed by atoms with van der Waals surface area (Å²) in [5.41, 5.74) is 2.60. The quantitative estimate of drug-likeness (QED) is 0.786. The van der Waals surface area contributed by atoms with Crippen LogP contribution in [-0.2, 0) is 4.79 Å². The molecule has 4 rings (SSSR count). The number of aromatic nitrogens is 4. The Bertz CT molecular complexity index is 845. The molecule has 1 unspecified atom stereocenters. The zero-order valence-corrected chi connectivity index (χ0v) is 14.2. The topological polar surface area (TPSA) is 78.0 Å². The van der Waals surface area contributed by atoms with Gasteiger partial charge in [-0.3, -0.25) is 4.79 Å². The highest BCUT2D eigenvalue weighted by Crippen LogP contribution is 2.33. The van der Waals surface area contributed by atoms with Gasteiger partial charge in [0.1, 0.15) is 11.8 Å². The Kier molecular flexibility index (Phi) is 3.89. The number of rotatable bonds is 4. The molecule has 0 spiro atoms. The third-order valence-electron chi connectivity index (χ3n) is 4.44. The van der Waals surface area contributed by atoms with Gasteiger partial charge in [0, 0.05) is 13.6 Å². The number of anilines is 1. The van der Waals surface area contributed by atoms with Gasteiger partial charge in [-0.15, -0.1) is 0 Å². The first-order valence-corrected chi connectivity index (χ1v) is 8.85. The van der Waals surface area contributed by atoms with Crippen molar-refractivity contribution < 1.29 is 4.79 Å². The standard InChI is InChI=1S/C16H18N6OS/c1-21(16-14-15(18-9-17-14)19-10-20-16)7-13(23)22-5-2-3-12(22)11-4-6-24-8-11/h4,6,8-10,12H,2-3,5,7H2,1H3,(H,17,18,19,20). The highest BCUT2D eigenvalue weighted by atomic mass is 32.1. The van der Waals surface area contributed by atoms with Crippen LogP contribution in [0.15, 0.2) is 29.5 Å². The van der Waals surface area contributed by atoms with Crippen molar-refractivity contribution in [2.24, 2.45) is 0 Å². The molecule has 0 aliphatic carbocycles. The fourth-order valence-corrected chi connectivity index (χ4v) is 3.99. The average Bonchev–Trinajstić information content (AvgIpc) is 3.32. The van der Waals surface area contributed by atoms with Crippen molar-refractivity contribution in [1.29, 1.82) is 0 Å². The molecule has 3 aromatic heterocycles. The molecule has 1 aliphatic heterocycles. The maximum absolute atomic E-state index is 12.8. The lowest BCUT2D eigenvalue weighted by molar-refractivity contribution is -0.130. The predicted octanol–water partition coefficient (Wildman–Crippen LogP) is 2.21. The third-order valence-corrected chi connectivity index (χ3v) is 5.14. The summed E-state index contributed by atoms with van der Waals surface area (Å²) in [4.78, 5) is 32.3. The average molecular weight is 342 g/mol. The Hall–Kier alpha value is -2.48. The fourth-order valence-electron chi connectivity index (χ4n) is 3.29. The zero-order chi connectivity index (χ0) is 16.5. The van der Waals surface area contributed by atoms with Crippen molar-refractivity contribution in [2.45, 2.75) is 18.9 Å². The predicted molar refractivity (Wildman–Crippen MR) is 93.0 cm³/mol. The number of thiophene rings is 1. The summed E-state index contributed by atoms with van der Waals surface area (Å²) in [5, 5.41) is 4.21. The normalized spacial score (nSPS) is 17.5. The lowest BCUT2D eigenvalue weighted by atomic mass is 10.1. The number of carbonyl (C=O) groups excluding carboxylic acids is 1. The summed E-state index contributed by atoms with van der Waals surface area (Å²) in [6.45, 7) is 1.10. The number of likely N-dealkylation sites (N-methyl/N-ethyl adjacent to an activating group) is 1. The van der Waals surface area contributed by atoms with E-state index in [9.17, 15) is 4.79 Å². The van der Waals surface area contributed by atoms with Crippen LogP contribution in [0.25, 0.3) is 11.2 Å². The molecule has 0 bridgehead atoms. The van der Waals surface area contributed by atoms with E-state index in [1.165, 1.54) is 11.9 Å². The number of fused-ring (bicyclic) bond motifs is 1. The molecule has 1 amide bonds. The molecule has 124 valence electrons. The summed E-state index contributed by atoms with van der Waals surface area (Å²) < 4.78 is 0. The lowest BCUT2D eigenvalue weighted by Gasteiger charge is -2.27. The van der Waals surface area contributed by atoms with Gasteiger partial charge >= 0.3 is 0 Å². The van der Waals surface area contributed by atoms with Crippen LogP contribution in [0.2, 0.25) is 0 Å². The van der Waals surface area contributed by atoms with Gasteiger partial charge in [-0.25, -0.2) is 15.0 Å². The smallest absolute Gasteiger partial charge is 0.242 e. The molecular formula is C16H18N6OS.